The van der Waals surface area contributed by atoms with Crippen LogP contribution < -0.4 is 19.5 Å². The van der Waals surface area contributed by atoms with Crippen LogP contribution in [0.1, 0.15) is 31.1 Å². The number of hydrogen-bond donors (Lipinski definition) is 1. The van der Waals surface area contributed by atoms with E-state index in [2.05, 4.69) is 20.5 Å². The highest BCUT2D eigenvalue weighted by atomic mass is 32.1. The predicted octanol–water partition coefficient (Wildman–Crippen LogP) is 4.79. The van der Waals surface area contributed by atoms with E-state index in [4.69, 9.17) is 18.6 Å². The molecule has 2 aromatic heterocycles. The van der Waals surface area contributed by atoms with Crippen molar-refractivity contribution in [2.75, 3.05) is 25.1 Å². The maximum atomic E-state index is 12.6. The second-order valence-corrected chi connectivity index (χ2v) is 7.39. The normalized spacial score (nSPS) is 10.8. The van der Waals surface area contributed by atoms with Crippen molar-refractivity contribution in [2.24, 2.45) is 0 Å². The summed E-state index contributed by atoms with van der Waals surface area (Å²) < 4.78 is 23.8. The first-order valence-corrected chi connectivity index (χ1v) is 11.1. The molecular weight excluding hydrogens is 432 g/mol. The first-order chi connectivity index (χ1) is 15.6. The summed E-state index contributed by atoms with van der Waals surface area (Å²) in [7, 11) is 0. The number of anilines is 1. The molecule has 0 atom stereocenters. The Labute approximate surface area is 188 Å². The Morgan fingerprint density at radius 1 is 1.00 bits per heavy atom. The van der Waals surface area contributed by atoms with E-state index in [1.807, 2.05) is 20.8 Å². The number of hydrogen-bond acceptors (Lipinski definition) is 9. The van der Waals surface area contributed by atoms with E-state index in [0.29, 0.717) is 48.2 Å². The number of ether oxygens (including phenoxy) is 3. The van der Waals surface area contributed by atoms with E-state index >= 15 is 0 Å². The molecule has 0 fully saturated rings. The van der Waals surface area contributed by atoms with Crippen LogP contribution in [0.3, 0.4) is 0 Å². The van der Waals surface area contributed by atoms with Gasteiger partial charge >= 0.3 is 6.01 Å². The lowest BCUT2D eigenvalue weighted by molar-refractivity contribution is 0.102. The number of nitrogens with zero attached hydrogens (tertiary/aromatic N) is 3. The second-order valence-electron chi connectivity index (χ2n) is 6.50. The highest BCUT2D eigenvalue weighted by Crippen LogP contribution is 2.41. The van der Waals surface area contributed by atoms with Crippen molar-refractivity contribution in [3.05, 3.63) is 41.4 Å². The molecule has 0 aliphatic carbocycles. The molecule has 0 saturated carbocycles. The van der Waals surface area contributed by atoms with Crippen LogP contribution in [0, 0.1) is 0 Å². The van der Waals surface area contributed by atoms with Crippen molar-refractivity contribution in [3.8, 4) is 28.7 Å². The fraction of sp³-hybridized carbons (Fsp3) is 0.273. The Morgan fingerprint density at radius 3 is 2.41 bits per heavy atom. The van der Waals surface area contributed by atoms with E-state index < -0.39 is 0 Å². The van der Waals surface area contributed by atoms with Crippen molar-refractivity contribution in [1.29, 1.82) is 0 Å². The molecule has 32 heavy (non-hydrogen) atoms. The van der Waals surface area contributed by atoms with Gasteiger partial charge in [0.05, 0.1) is 35.5 Å². The summed E-state index contributed by atoms with van der Waals surface area (Å²) in [6.45, 7) is 7.01. The van der Waals surface area contributed by atoms with Crippen LogP contribution in [-0.4, -0.2) is 40.9 Å². The zero-order chi connectivity index (χ0) is 22.5. The Kier molecular flexibility index (Phi) is 6.50. The van der Waals surface area contributed by atoms with Crippen LogP contribution >= 0.6 is 11.3 Å². The molecule has 2 heterocycles. The molecule has 0 aliphatic rings. The van der Waals surface area contributed by atoms with Gasteiger partial charge in [0.1, 0.15) is 0 Å². The zero-order valence-electron chi connectivity index (χ0n) is 17.9. The molecule has 1 N–H and O–H groups in total. The zero-order valence-corrected chi connectivity index (χ0v) is 18.7. The van der Waals surface area contributed by atoms with Crippen LogP contribution in [0.5, 0.6) is 17.2 Å². The van der Waals surface area contributed by atoms with Gasteiger partial charge in [-0.15, -0.1) is 16.4 Å². The van der Waals surface area contributed by atoms with E-state index in [0.717, 1.165) is 10.2 Å². The summed E-state index contributed by atoms with van der Waals surface area (Å²) in [5.74, 6) is 1.40. The molecule has 166 valence electrons. The number of aromatic nitrogens is 3. The smallest absolute Gasteiger partial charge is 0.322 e. The van der Waals surface area contributed by atoms with Crippen LogP contribution in [-0.2, 0) is 0 Å². The molecule has 0 bridgehead atoms. The van der Waals surface area contributed by atoms with Gasteiger partial charge in [0, 0.05) is 11.1 Å². The average Bonchev–Trinajstić information content (AvgIpc) is 3.45. The number of rotatable bonds is 9. The number of thiazole rings is 1. The van der Waals surface area contributed by atoms with E-state index in [1.54, 1.807) is 35.8 Å². The number of carbonyl (C=O) groups is 1. The number of carbonyl (C=O) groups excluding carboxylic acids is 1. The van der Waals surface area contributed by atoms with E-state index in [9.17, 15) is 4.79 Å². The van der Waals surface area contributed by atoms with Crippen molar-refractivity contribution < 1.29 is 23.4 Å². The average molecular weight is 455 g/mol. The minimum Gasteiger partial charge on any atom is -0.490 e. The third-order valence-corrected chi connectivity index (χ3v) is 5.19. The molecule has 0 saturated heterocycles. The Bertz CT molecular complexity index is 1210. The van der Waals surface area contributed by atoms with Crippen molar-refractivity contribution in [3.63, 3.8) is 0 Å². The Balaban J connectivity index is 1.59. The van der Waals surface area contributed by atoms with Gasteiger partial charge in [-0.25, -0.2) is 4.98 Å². The lowest BCUT2D eigenvalue weighted by Gasteiger charge is -2.16. The van der Waals surface area contributed by atoms with E-state index in [-0.39, 0.29) is 17.8 Å². The maximum Gasteiger partial charge on any atom is 0.322 e. The third-order valence-electron chi connectivity index (χ3n) is 4.40. The van der Waals surface area contributed by atoms with Gasteiger partial charge in [-0.2, -0.15) is 0 Å². The Morgan fingerprint density at radius 2 is 1.72 bits per heavy atom. The second kappa shape index (κ2) is 9.65. The van der Waals surface area contributed by atoms with E-state index in [1.165, 1.54) is 11.3 Å². The number of nitrogens with one attached hydrogen (secondary N) is 1. The predicted molar refractivity (Wildman–Crippen MR) is 121 cm³/mol. The summed E-state index contributed by atoms with van der Waals surface area (Å²) in [5.41, 5.74) is 3.64. The summed E-state index contributed by atoms with van der Waals surface area (Å²) in [5, 5.41) is 10.6. The largest absolute Gasteiger partial charge is 0.490 e. The van der Waals surface area contributed by atoms with Crippen molar-refractivity contribution in [1.82, 2.24) is 15.2 Å². The summed E-state index contributed by atoms with van der Waals surface area (Å²) in [6.07, 6.45) is 0. The fourth-order valence-electron chi connectivity index (χ4n) is 3.07. The number of fused-ring (bicyclic) bond motifs is 1. The van der Waals surface area contributed by atoms with Crippen LogP contribution in [0.25, 0.3) is 21.7 Å². The van der Waals surface area contributed by atoms with Gasteiger partial charge in [0.25, 0.3) is 5.91 Å². The molecule has 4 rings (SSSR count). The highest BCUT2D eigenvalue weighted by Gasteiger charge is 2.19. The summed E-state index contributed by atoms with van der Waals surface area (Å²) in [4.78, 5) is 16.8. The third kappa shape index (κ3) is 4.50. The maximum absolute atomic E-state index is 12.6. The number of benzene rings is 2. The first-order valence-electron chi connectivity index (χ1n) is 10.2. The molecule has 10 heteroatoms. The molecular formula is C22H22N4O5S. The summed E-state index contributed by atoms with van der Waals surface area (Å²) in [6, 6.07) is 8.74. The van der Waals surface area contributed by atoms with Gasteiger partial charge in [0.15, 0.2) is 11.5 Å². The highest BCUT2D eigenvalue weighted by molar-refractivity contribution is 7.16. The lowest BCUT2D eigenvalue weighted by Crippen LogP contribution is -2.11. The van der Waals surface area contributed by atoms with Gasteiger partial charge in [-0.3, -0.25) is 10.1 Å². The van der Waals surface area contributed by atoms with Crippen LogP contribution in [0.15, 0.2) is 40.3 Å². The minimum absolute atomic E-state index is 0.0146. The lowest BCUT2D eigenvalue weighted by atomic mass is 10.2. The standard InChI is InChI=1S/C22H22N4O5S/c1-4-28-16-9-14(10-17(29-5-2)19(16)30-6-3)21-25-26-22(31-21)24-20(27)13-7-8-15-18(11-13)32-12-23-15/h7-12H,4-6H2,1-3H3,(H,24,26,27). The molecule has 9 nitrogen and oxygen atoms in total. The van der Waals surface area contributed by atoms with Crippen LogP contribution in [0.4, 0.5) is 6.01 Å². The van der Waals surface area contributed by atoms with Gasteiger partial charge < -0.3 is 18.6 Å². The molecule has 2 aromatic carbocycles. The van der Waals surface area contributed by atoms with Crippen LogP contribution in [0.2, 0.25) is 0 Å². The number of amides is 1. The molecule has 4 aromatic rings. The molecule has 0 spiro atoms. The first kappa shape index (κ1) is 21.6. The summed E-state index contributed by atoms with van der Waals surface area (Å²) >= 11 is 1.47. The molecule has 0 aliphatic heterocycles. The SMILES string of the molecule is CCOc1cc(-c2nnc(NC(=O)c3ccc4ncsc4c3)o2)cc(OCC)c1OCC. The molecule has 1 amide bonds. The van der Waals surface area contributed by atoms with Crippen molar-refractivity contribution in [2.45, 2.75) is 20.8 Å². The topological polar surface area (TPSA) is 109 Å². The monoisotopic (exact) mass is 454 g/mol. The molecule has 0 radical (unpaired) electrons. The van der Waals surface area contributed by atoms with Gasteiger partial charge in [-0.05, 0) is 51.1 Å². The minimum atomic E-state index is -0.354. The fourth-order valence-corrected chi connectivity index (χ4v) is 3.78. The Hall–Kier alpha value is -3.66. The van der Waals surface area contributed by atoms with Gasteiger partial charge in [-0.1, -0.05) is 5.10 Å². The quantitative estimate of drug-likeness (QED) is 0.384. The molecule has 0 unspecified atom stereocenters. The van der Waals surface area contributed by atoms with Crippen molar-refractivity contribution >= 4 is 33.5 Å². The van der Waals surface area contributed by atoms with Gasteiger partial charge in [0.2, 0.25) is 11.6 Å².